The summed E-state index contributed by atoms with van der Waals surface area (Å²) in [5, 5.41) is 12.5. The molecule has 0 fully saturated rings. The number of hydrogen-bond donors (Lipinski definition) is 2. The van der Waals surface area contributed by atoms with Crippen LogP contribution in [-0.2, 0) is 16.0 Å². The Labute approximate surface area is 100 Å². The molecule has 1 aromatic carbocycles. The Morgan fingerprint density at radius 2 is 2.18 bits per heavy atom. The molecule has 2 N–H and O–H groups in total. The van der Waals surface area contributed by atoms with Crippen molar-refractivity contribution in [2.24, 2.45) is 0 Å². The van der Waals surface area contributed by atoms with Gasteiger partial charge in [0.05, 0.1) is 12.7 Å². The van der Waals surface area contributed by atoms with Crippen LogP contribution in [0.2, 0.25) is 0 Å². The Kier molecular flexibility index (Phi) is 5.90. The number of hydrogen-bond acceptors (Lipinski definition) is 4. The quantitative estimate of drug-likeness (QED) is 0.757. The van der Waals surface area contributed by atoms with Crippen molar-refractivity contribution >= 4 is 0 Å². The maximum Gasteiger partial charge on any atom is 0.165 e. The molecule has 0 aliphatic carbocycles. The van der Waals surface area contributed by atoms with Crippen molar-refractivity contribution in [3.8, 4) is 5.75 Å². The number of nitrogens with one attached hydrogen (secondary N) is 1. The SMILES string of the molecule is COCC(CNCc1cccc(F)c1O)OC. The summed E-state index contributed by atoms with van der Waals surface area (Å²) in [6, 6.07) is 4.46. The fourth-order valence-electron chi connectivity index (χ4n) is 1.47. The van der Waals surface area contributed by atoms with E-state index in [4.69, 9.17) is 9.47 Å². The zero-order chi connectivity index (χ0) is 12.7. The number of para-hydroxylation sites is 1. The second-order valence-electron chi connectivity index (χ2n) is 3.69. The Bertz CT molecular complexity index is 347. The number of rotatable bonds is 7. The van der Waals surface area contributed by atoms with Crippen LogP contribution in [0.3, 0.4) is 0 Å². The van der Waals surface area contributed by atoms with Gasteiger partial charge >= 0.3 is 0 Å². The molecular formula is C12H18FNO3. The molecule has 5 heteroatoms. The number of phenolic OH excluding ortho intramolecular Hbond substituents is 1. The number of benzene rings is 1. The molecule has 0 amide bonds. The van der Waals surface area contributed by atoms with Gasteiger partial charge in [-0.15, -0.1) is 0 Å². The third kappa shape index (κ3) is 4.30. The zero-order valence-electron chi connectivity index (χ0n) is 10.1. The van der Waals surface area contributed by atoms with Gasteiger partial charge in [0.15, 0.2) is 11.6 Å². The Hall–Kier alpha value is -1.17. The van der Waals surface area contributed by atoms with Crippen molar-refractivity contribution in [2.45, 2.75) is 12.6 Å². The highest BCUT2D eigenvalue weighted by Crippen LogP contribution is 2.20. The Balaban J connectivity index is 2.42. The predicted octanol–water partition coefficient (Wildman–Crippen LogP) is 1.28. The monoisotopic (exact) mass is 243 g/mol. The summed E-state index contributed by atoms with van der Waals surface area (Å²) in [6.07, 6.45) is -0.0595. The van der Waals surface area contributed by atoms with Crippen molar-refractivity contribution in [3.63, 3.8) is 0 Å². The fraction of sp³-hybridized carbons (Fsp3) is 0.500. The van der Waals surface area contributed by atoms with Crippen LogP contribution in [-0.4, -0.2) is 38.6 Å². The first-order chi connectivity index (χ1) is 8.19. The van der Waals surface area contributed by atoms with Gasteiger partial charge < -0.3 is 19.9 Å². The highest BCUT2D eigenvalue weighted by molar-refractivity contribution is 5.33. The van der Waals surface area contributed by atoms with Crippen molar-refractivity contribution < 1.29 is 19.0 Å². The largest absolute Gasteiger partial charge is 0.505 e. The summed E-state index contributed by atoms with van der Waals surface area (Å²) in [4.78, 5) is 0. The van der Waals surface area contributed by atoms with Gasteiger partial charge in [0.25, 0.3) is 0 Å². The highest BCUT2D eigenvalue weighted by Gasteiger charge is 2.08. The van der Waals surface area contributed by atoms with E-state index in [1.165, 1.54) is 6.07 Å². The first-order valence-corrected chi connectivity index (χ1v) is 5.37. The predicted molar refractivity (Wildman–Crippen MR) is 62.4 cm³/mol. The molecular weight excluding hydrogens is 225 g/mol. The molecule has 17 heavy (non-hydrogen) atoms. The molecule has 4 nitrogen and oxygen atoms in total. The van der Waals surface area contributed by atoms with Crippen LogP contribution < -0.4 is 5.32 Å². The van der Waals surface area contributed by atoms with Gasteiger partial charge in [-0.25, -0.2) is 4.39 Å². The van der Waals surface area contributed by atoms with Crippen molar-refractivity contribution in [2.75, 3.05) is 27.4 Å². The van der Waals surface area contributed by atoms with Crippen molar-refractivity contribution in [1.29, 1.82) is 0 Å². The van der Waals surface area contributed by atoms with Gasteiger partial charge in [0, 0.05) is 32.9 Å². The fourth-order valence-corrected chi connectivity index (χ4v) is 1.47. The molecule has 0 saturated carbocycles. The van der Waals surface area contributed by atoms with E-state index in [-0.39, 0.29) is 11.9 Å². The van der Waals surface area contributed by atoms with E-state index in [0.717, 1.165) is 0 Å². The Morgan fingerprint density at radius 1 is 1.41 bits per heavy atom. The number of methoxy groups -OCH3 is 2. The summed E-state index contributed by atoms with van der Waals surface area (Å²) in [6.45, 7) is 1.44. The van der Waals surface area contributed by atoms with E-state index < -0.39 is 5.82 Å². The van der Waals surface area contributed by atoms with E-state index in [9.17, 15) is 9.50 Å². The van der Waals surface area contributed by atoms with Gasteiger partial charge in [-0.05, 0) is 6.07 Å². The lowest BCUT2D eigenvalue weighted by atomic mass is 10.2. The molecule has 0 spiro atoms. The third-order valence-corrected chi connectivity index (χ3v) is 2.44. The summed E-state index contributed by atoms with van der Waals surface area (Å²) >= 11 is 0. The van der Waals surface area contributed by atoms with Crippen LogP contribution in [0.1, 0.15) is 5.56 Å². The summed E-state index contributed by atoms with van der Waals surface area (Å²) in [5.41, 5.74) is 0.525. The van der Waals surface area contributed by atoms with Crippen molar-refractivity contribution in [1.82, 2.24) is 5.32 Å². The third-order valence-electron chi connectivity index (χ3n) is 2.44. The molecule has 0 radical (unpaired) electrons. The standard InChI is InChI=1S/C12H18FNO3/c1-16-8-10(17-2)7-14-6-9-4-3-5-11(13)12(9)15/h3-5,10,14-15H,6-8H2,1-2H3. The first-order valence-electron chi connectivity index (χ1n) is 5.37. The highest BCUT2D eigenvalue weighted by atomic mass is 19.1. The van der Waals surface area contributed by atoms with Gasteiger partial charge in [-0.2, -0.15) is 0 Å². The molecule has 1 rings (SSSR count). The second kappa shape index (κ2) is 7.21. The number of halogens is 1. The van der Waals surface area contributed by atoms with Gasteiger partial charge in [-0.3, -0.25) is 0 Å². The van der Waals surface area contributed by atoms with Crippen LogP contribution in [0.25, 0.3) is 0 Å². The van der Waals surface area contributed by atoms with E-state index in [2.05, 4.69) is 5.32 Å². The molecule has 1 unspecified atom stereocenters. The lowest BCUT2D eigenvalue weighted by Gasteiger charge is -2.15. The molecule has 0 aliphatic heterocycles. The first kappa shape index (κ1) is 13.9. The van der Waals surface area contributed by atoms with Crippen LogP contribution in [0.5, 0.6) is 5.75 Å². The topological polar surface area (TPSA) is 50.7 Å². The van der Waals surface area contributed by atoms with Crippen LogP contribution >= 0.6 is 0 Å². The van der Waals surface area contributed by atoms with Gasteiger partial charge in [0.1, 0.15) is 0 Å². The number of ether oxygens (including phenoxy) is 2. The molecule has 1 atom stereocenters. The molecule has 0 bridgehead atoms. The molecule has 0 heterocycles. The molecule has 0 saturated heterocycles. The smallest absolute Gasteiger partial charge is 0.165 e. The summed E-state index contributed by atoms with van der Waals surface area (Å²) < 4.78 is 23.2. The maximum absolute atomic E-state index is 13.0. The molecule has 96 valence electrons. The van der Waals surface area contributed by atoms with Gasteiger partial charge in [0.2, 0.25) is 0 Å². The van der Waals surface area contributed by atoms with Gasteiger partial charge in [-0.1, -0.05) is 12.1 Å². The minimum atomic E-state index is -0.607. The molecule has 0 aromatic heterocycles. The average molecular weight is 243 g/mol. The van der Waals surface area contributed by atoms with E-state index in [1.807, 2.05) is 0 Å². The summed E-state index contributed by atoms with van der Waals surface area (Å²) in [5.74, 6) is -0.912. The minimum Gasteiger partial charge on any atom is -0.505 e. The lowest BCUT2D eigenvalue weighted by Crippen LogP contribution is -2.31. The Morgan fingerprint density at radius 3 is 2.82 bits per heavy atom. The van der Waals surface area contributed by atoms with Crippen LogP contribution in [0.4, 0.5) is 4.39 Å². The van der Waals surface area contributed by atoms with E-state index >= 15 is 0 Å². The summed E-state index contributed by atoms with van der Waals surface area (Å²) in [7, 11) is 3.20. The number of phenols is 1. The van der Waals surface area contributed by atoms with E-state index in [0.29, 0.717) is 25.3 Å². The second-order valence-corrected chi connectivity index (χ2v) is 3.69. The van der Waals surface area contributed by atoms with Crippen molar-refractivity contribution in [3.05, 3.63) is 29.6 Å². The zero-order valence-corrected chi connectivity index (χ0v) is 10.1. The molecule has 0 aliphatic rings. The lowest BCUT2D eigenvalue weighted by molar-refractivity contribution is 0.0287. The van der Waals surface area contributed by atoms with Crippen LogP contribution in [0.15, 0.2) is 18.2 Å². The normalized spacial score (nSPS) is 12.6. The molecule has 1 aromatic rings. The number of aromatic hydroxyl groups is 1. The average Bonchev–Trinajstić information content (AvgIpc) is 2.33. The van der Waals surface area contributed by atoms with E-state index in [1.54, 1.807) is 26.4 Å². The van der Waals surface area contributed by atoms with Crippen LogP contribution in [0, 0.1) is 5.82 Å². The minimum absolute atomic E-state index is 0.0595. The maximum atomic E-state index is 13.0.